The maximum Gasteiger partial charge on any atom is 0.435 e. The van der Waals surface area contributed by atoms with Crippen molar-refractivity contribution in [3.05, 3.63) is 58.4 Å². The van der Waals surface area contributed by atoms with E-state index in [1.807, 2.05) is 36.1 Å². The number of carbonyl (C=O) groups is 1. The summed E-state index contributed by atoms with van der Waals surface area (Å²) >= 11 is 0. The molecule has 2 aromatic heterocycles. The zero-order valence-electron chi connectivity index (χ0n) is 18.9. The molecule has 2 aliphatic rings. The van der Waals surface area contributed by atoms with E-state index in [1.165, 1.54) is 4.68 Å². The molecule has 0 spiro atoms. The molecule has 0 N–H and O–H groups in total. The maximum absolute atomic E-state index is 13.5. The third-order valence-corrected chi connectivity index (χ3v) is 6.79. The molecule has 2 aliphatic heterocycles. The minimum absolute atomic E-state index is 0.00713. The van der Waals surface area contributed by atoms with E-state index >= 15 is 0 Å². The fourth-order valence-corrected chi connectivity index (χ4v) is 5.38. The highest BCUT2D eigenvalue weighted by Gasteiger charge is 2.44. The highest BCUT2D eigenvalue weighted by atomic mass is 19.4. The molecular weight excluding hydrogens is 431 g/mol. The Labute approximate surface area is 190 Å². The van der Waals surface area contributed by atoms with E-state index in [2.05, 4.69) is 5.10 Å². The number of amides is 1. The predicted octanol–water partition coefficient (Wildman–Crippen LogP) is 4.92. The molecule has 1 fully saturated rings. The number of aryl methyl sites for hydroxylation is 3. The van der Waals surface area contributed by atoms with Crippen LogP contribution in [0.5, 0.6) is 0 Å². The number of hydrogen-bond donors (Lipinski definition) is 0. The van der Waals surface area contributed by atoms with Crippen LogP contribution in [-0.2, 0) is 26.2 Å². The second kappa shape index (κ2) is 7.74. The lowest BCUT2D eigenvalue weighted by molar-refractivity contribution is -0.141. The Morgan fingerprint density at radius 3 is 2.67 bits per heavy atom. The average Bonchev–Trinajstić information content (AvgIpc) is 3.33. The number of fused-ring (bicyclic) bond motifs is 4. The Morgan fingerprint density at radius 2 is 1.97 bits per heavy atom. The Hall–Kier alpha value is -3.10. The summed E-state index contributed by atoms with van der Waals surface area (Å²) in [5.74, 6) is -0.00999. The van der Waals surface area contributed by atoms with Crippen molar-refractivity contribution in [1.29, 1.82) is 0 Å². The van der Waals surface area contributed by atoms with Gasteiger partial charge in [0.25, 0.3) is 5.91 Å². The number of piperidine rings is 1. The molecule has 2 atom stereocenters. The molecule has 0 saturated carbocycles. The molecule has 174 valence electrons. The second-order valence-corrected chi connectivity index (χ2v) is 8.95. The fourth-order valence-electron chi connectivity index (χ4n) is 5.38. The average molecular weight is 458 g/mol. The molecule has 2 bridgehead atoms. The van der Waals surface area contributed by atoms with E-state index in [-0.39, 0.29) is 18.0 Å². The summed E-state index contributed by atoms with van der Waals surface area (Å²) in [6, 6.07) is 8.51. The van der Waals surface area contributed by atoms with E-state index < -0.39 is 11.9 Å². The first-order valence-corrected chi connectivity index (χ1v) is 11.3. The number of aromatic nitrogens is 4. The molecule has 1 aromatic carbocycles. The summed E-state index contributed by atoms with van der Waals surface area (Å²) in [5, 5.41) is 8.53. The smallest absolute Gasteiger partial charge is 0.327 e. The van der Waals surface area contributed by atoms with Gasteiger partial charge >= 0.3 is 6.18 Å². The highest BCUT2D eigenvalue weighted by Crippen LogP contribution is 2.45. The van der Waals surface area contributed by atoms with Crippen molar-refractivity contribution in [2.45, 2.75) is 64.3 Å². The zero-order chi connectivity index (χ0) is 23.5. The zero-order valence-corrected chi connectivity index (χ0v) is 18.9. The van der Waals surface area contributed by atoms with Gasteiger partial charge in [-0.15, -0.1) is 0 Å². The van der Waals surface area contributed by atoms with E-state index in [4.69, 9.17) is 5.10 Å². The molecule has 33 heavy (non-hydrogen) atoms. The molecule has 3 aromatic rings. The van der Waals surface area contributed by atoms with Gasteiger partial charge in [0.1, 0.15) is 0 Å². The van der Waals surface area contributed by atoms with Gasteiger partial charge in [-0.2, -0.15) is 23.4 Å². The SMILES string of the molecule is CCn1nc(C(F)(F)F)cc1-c1c2c(nn1C)[C@H]1CCC[C@@H](C2)N1C(=O)c1cccc(C)c1. The first-order valence-electron chi connectivity index (χ1n) is 11.3. The topological polar surface area (TPSA) is 56.0 Å². The van der Waals surface area contributed by atoms with Crippen molar-refractivity contribution in [2.24, 2.45) is 7.05 Å². The number of carbonyl (C=O) groups excluding carboxylic acids is 1. The summed E-state index contributed by atoms with van der Waals surface area (Å²) < 4.78 is 43.2. The molecule has 1 amide bonds. The van der Waals surface area contributed by atoms with Crippen LogP contribution in [0.4, 0.5) is 13.2 Å². The number of alkyl halides is 3. The summed E-state index contributed by atoms with van der Waals surface area (Å²) in [6.07, 6.45) is -1.30. The normalized spacial score (nSPS) is 20.1. The van der Waals surface area contributed by atoms with E-state index in [0.29, 0.717) is 29.9 Å². The third kappa shape index (κ3) is 3.54. The second-order valence-electron chi connectivity index (χ2n) is 8.95. The Balaban J connectivity index is 1.59. The molecule has 4 heterocycles. The summed E-state index contributed by atoms with van der Waals surface area (Å²) in [7, 11) is 1.75. The van der Waals surface area contributed by atoms with Crippen molar-refractivity contribution in [2.75, 3.05) is 0 Å². The van der Waals surface area contributed by atoms with Crippen LogP contribution in [0.1, 0.15) is 65.1 Å². The van der Waals surface area contributed by atoms with Gasteiger partial charge in [-0.1, -0.05) is 17.7 Å². The van der Waals surface area contributed by atoms with Gasteiger partial charge < -0.3 is 4.90 Å². The highest BCUT2D eigenvalue weighted by molar-refractivity contribution is 5.95. The van der Waals surface area contributed by atoms with Crippen LogP contribution in [0, 0.1) is 6.92 Å². The van der Waals surface area contributed by atoms with Crippen molar-refractivity contribution < 1.29 is 18.0 Å². The lowest BCUT2D eigenvalue weighted by Gasteiger charge is -2.45. The van der Waals surface area contributed by atoms with Crippen molar-refractivity contribution in [1.82, 2.24) is 24.5 Å². The van der Waals surface area contributed by atoms with Crippen LogP contribution < -0.4 is 0 Å². The Bertz CT molecular complexity index is 1230. The van der Waals surface area contributed by atoms with Crippen LogP contribution >= 0.6 is 0 Å². The predicted molar refractivity (Wildman–Crippen MR) is 117 cm³/mol. The Kier molecular flexibility index (Phi) is 5.10. The first-order chi connectivity index (χ1) is 15.7. The minimum atomic E-state index is -4.51. The fraction of sp³-hybridized carbons (Fsp3) is 0.458. The molecule has 5 rings (SSSR count). The molecule has 9 heteroatoms. The maximum atomic E-state index is 13.5. The van der Waals surface area contributed by atoms with Gasteiger partial charge in [-0.05, 0) is 57.7 Å². The minimum Gasteiger partial charge on any atom is -0.327 e. The summed E-state index contributed by atoms with van der Waals surface area (Å²) in [4.78, 5) is 15.5. The number of hydrogen-bond acceptors (Lipinski definition) is 3. The van der Waals surface area contributed by atoms with Crippen LogP contribution in [0.25, 0.3) is 11.4 Å². The van der Waals surface area contributed by atoms with Gasteiger partial charge in [0.15, 0.2) is 5.69 Å². The van der Waals surface area contributed by atoms with E-state index in [0.717, 1.165) is 42.1 Å². The molecular formula is C24H26F3N5O. The van der Waals surface area contributed by atoms with Gasteiger partial charge in [-0.25, -0.2) is 0 Å². The summed E-state index contributed by atoms with van der Waals surface area (Å²) in [5.41, 5.74) is 3.58. The largest absolute Gasteiger partial charge is 0.435 e. The Morgan fingerprint density at radius 1 is 1.18 bits per heavy atom. The quantitative estimate of drug-likeness (QED) is 0.561. The van der Waals surface area contributed by atoms with Crippen LogP contribution in [0.2, 0.25) is 0 Å². The van der Waals surface area contributed by atoms with Gasteiger partial charge in [0.2, 0.25) is 0 Å². The van der Waals surface area contributed by atoms with Gasteiger partial charge in [0, 0.05) is 30.8 Å². The van der Waals surface area contributed by atoms with Crippen LogP contribution in [0.3, 0.4) is 0 Å². The molecule has 0 radical (unpaired) electrons. The standard InChI is InChI=1S/C24H26F3N5O/c1-4-31-19(13-20(28-31)24(25,26)27)22-17-12-16-9-6-10-18(21(17)29-30(22)3)32(16)23(33)15-8-5-7-14(2)11-15/h5,7-8,11,13,16,18H,4,6,9-10,12H2,1-3H3/t16-,18+/m0/s1. The molecule has 1 saturated heterocycles. The van der Waals surface area contributed by atoms with Crippen LogP contribution in [0.15, 0.2) is 30.3 Å². The monoisotopic (exact) mass is 457 g/mol. The number of benzene rings is 1. The number of halogens is 3. The van der Waals surface area contributed by atoms with E-state index in [9.17, 15) is 18.0 Å². The number of rotatable bonds is 3. The first kappa shape index (κ1) is 21.7. The molecule has 6 nitrogen and oxygen atoms in total. The van der Waals surface area contributed by atoms with Gasteiger partial charge in [-0.3, -0.25) is 14.2 Å². The molecule has 0 unspecified atom stereocenters. The van der Waals surface area contributed by atoms with Crippen molar-refractivity contribution >= 4 is 5.91 Å². The van der Waals surface area contributed by atoms with Crippen LogP contribution in [-0.4, -0.2) is 36.4 Å². The lowest BCUT2D eigenvalue weighted by atomic mass is 9.81. The van der Waals surface area contributed by atoms with E-state index in [1.54, 1.807) is 18.7 Å². The van der Waals surface area contributed by atoms with Gasteiger partial charge in [0.05, 0.1) is 23.1 Å². The third-order valence-electron chi connectivity index (χ3n) is 6.79. The lowest BCUT2D eigenvalue weighted by Crippen LogP contribution is -2.49. The number of nitrogens with zero attached hydrogens (tertiary/aromatic N) is 5. The summed E-state index contributed by atoms with van der Waals surface area (Å²) in [6.45, 7) is 4.05. The van der Waals surface area contributed by atoms with Crippen molar-refractivity contribution in [3.8, 4) is 11.4 Å². The molecule has 0 aliphatic carbocycles. The van der Waals surface area contributed by atoms with Crippen molar-refractivity contribution in [3.63, 3.8) is 0 Å².